The maximum absolute atomic E-state index is 13.0. The third-order valence-corrected chi connectivity index (χ3v) is 5.88. The smallest absolute Gasteiger partial charge is 0.247 e. The van der Waals surface area contributed by atoms with Crippen LogP contribution in [0.25, 0.3) is 0 Å². The number of methoxy groups -OCH3 is 2. The number of nitrogens with zero attached hydrogens (tertiary/aromatic N) is 3. The predicted molar refractivity (Wildman–Crippen MR) is 110 cm³/mol. The van der Waals surface area contributed by atoms with E-state index in [-0.39, 0.29) is 23.9 Å². The van der Waals surface area contributed by atoms with Gasteiger partial charge in [-0.15, -0.1) is 0 Å². The minimum absolute atomic E-state index is 0.0507. The molecule has 0 bridgehead atoms. The van der Waals surface area contributed by atoms with Gasteiger partial charge in [-0.1, -0.05) is 19.9 Å². The number of amides is 2. The monoisotopic (exact) mass is 403 g/mol. The van der Waals surface area contributed by atoms with Gasteiger partial charge in [-0.25, -0.2) is 0 Å². The first-order valence-electron chi connectivity index (χ1n) is 10.3. The van der Waals surface area contributed by atoms with Gasteiger partial charge in [0.05, 0.1) is 13.7 Å². The highest BCUT2D eigenvalue weighted by Crippen LogP contribution is 2.26. The van der Waals surface area contributed by atoms with Gasteiger partial charge in [0, 0.05) is 45.9 Å². The van der Waals surface area contributed by atoms with Crippen LogP contribution in [-0.4, -0.2) is 79.5 Å². The van der Waals surface area contributed by atoms with E-state index in [9.17, 15) is 9.59 Å². The summed E-state index contributed by atoms with van der Waals surface area (Å²) in [6.07, 6.45) is 0.710. The normalized spacial score (nSPS) is 23.0. The Bertz CT molecular complexity index is 752. The second-order valence-corrected chi connectivity index (χ2v) is 8.46. The number of carbonyl (C=O) groups excluding carboxylic acids is 2. The maximum Gasteiger partial charge on any atom is 0.247 e. The Morgan fingerprint density at radius 1 is 1.14 bits per heavy atom. The van der Waals surface area contributed by atoms with E-state index in [0.717, 1.165) is 30.0 Å². The van der Waals surface area contributed by atoms with E-state index in [2.05, 4.69) is 24.8 Å². The van der Waals surface area contributed by atoms with Gasteiger partial charge in [0.15, 0.2) is 0 Å². The molecule has 7 heteroatoms. The summed E-state index contributed by atoms with van der Waals surface area (Å²) >= 11 is 0. The molecular formula is C22H33N3O4. The van der Waals surface area contributed by atoms with Gasteiger partial charge >= 0.3 is 0 Å². The summed E-state index contributed by atoms with van der Waals surface area (Å²) in [7, 11) is 5.09. The average Bonchev–Trinajstić information content (AvgIpc) is 2.70. The second kappa shape index (κ2) is 9.13. The second-order valence-electron chi connectivity index (χ2n) is 8.46. The number of benzene rings is 1. The summed E-state index contributed by atoms with van der Waals surface area (Å²) in [4.78, 5) is 31.7. The molecule has 2 fully saturated rings. The van der Waals surface area contributed by atoms with E-state index in [1.54, 1.807) is 31.1 Å². The first-order chi connectivity index (χ1) is 13.8. The van der Waals surface area contributed by atoms with Crippen LogP contribution in [0.1, 0.15) is 31.4 Å². The van der Waals surface area contributed by atoms with Gasteiger partial charge in [-0.05, 0) is 30.0 Å². The largest absolute Gasteiger partial charge is 0.496 e. The summed E-state index contributed by atoms with van der Waals surface area (Å²) in [5, 5.41) is 0. The molecule has 0 unspecified atom stereocenters. The number of rotatable bonds is 7. The molecule has 0 spiro atoms. The fourth-order valence-electron chi connectivity index (χ4n) is 4.37. The molecule has 0 N–H and O–H groups in total. The van der Waals surface area contributed by atoms with E-state index < -0.39 is 0 Å². The Morgan fingerprint density at radius 3 is 2.55 bits per heavy atom. The zero-order valence-corrected chi connectivity index (χ0v) is 18.2. The Kier molecular flexibility index (Phi) is 6.80. The minimum Gasteiger partial charge on any atom is -0.496 e. The summed E-state index contributed by atoms with van der Waals surface area (Å²) in [5.41, 5.74) is 2.15. The van der Waals surface area contributed by atoms with E-state index in [0.29, 0.717) is 32.0 Å². The van der Waals surface area contributed by atoms with Crippen LogP contribution in [-0.2, 0) is 27.5 Å². The molecule has 7 nitrogen and oxygen atoms in total. The zero-order chi connectivity index (χ0) is 21.1. The Labute approximate surface area is 173 Å². The maximum atomic E-state index is 13.0. The molecule has 2 heterocycles. The molecule has 2 amide bonds. The van der Waals surface area contributed by atoms with Gasteiger partial charge < -0.3 is 19.3 Å². The van der Waals surface area contributed by atoms with Crippen molar-refractivity contribution in [2.75, 3.05) is 40.9 Å². The van der Waals surface area contributed by atoms with Crippen molar-refractivity contribution >= 4 is 11.8 Å². The zero-order valence-electron chi connectivity index (χ0n) is 18.2. The molecule has 0 aromatic heterocycles. The van der Waals surface area contributed by atoms with Crippen LogP contribution in [0, 0.1) is 5.92 Å². The van der Waals surface area contributed by atoms with Crippen molar-refractivity contribution in [2.24, 2.45) is 5.92 Å². The van der Waals surface area contributed by atoms with Crippen LogP contribution in [0.4, 0.5) is 0 Å². The van der Waals surface area contributed by atoms with Gasteiger partial charge in [0.25, 0.3) is 0 Å². The lowest BCUT2D eigenvalue weighted by molar-refractivity contribution is -0.164. The molecule has 0 saturated carbocycles. The highest BCUT2D eigenvalue weighted by molar-refractivity contribution is 5.97. The minimum atomic E-state index is -0.388. The standard InChI is InChI=1S/C22H33N3O4/c1-15(2)10-18-22(27)25-9-8-24(13-19(25)21(26)23(18)3)12-16-6-7-20(29-5)17(11-16)14-28-4/h6-7,11,15,18-19H,8-10,12-14H2,1-5H3/t18-,19+/m0/s1. The average molecular weight is 404 g/mol. The number of fused-ring (bicyclic) bond motifs is 1. The molecule has 2 aliphatic heterocycles. The molecule has 1 aromatic carbocycles. The third-order valence-electron chi connectivity index (χ3n) is 5.88. The number of likely N-dealkylation sites (N-methyl/N-ethyl adjacent to an activating group) is 1. The van der Waals surface area contributed by atoms with Crippen molar-refractivity contribution in [3.05, 3.63) is 29.3 Å². The lowest BCUT2D eigenvalue weighted by Gasteiger charge is -2.48. The van der Waals surface area contributed by atoms with Crippen LogP contribution < -0.4 is 4.74 Å². The summed E-state index contributed by atoms with van der Waals surface area (Å²) in [6, 6.07) is 5.38. The fourth-order valence-corrected chi connectivity index (χ4v) is 4.37. The molecule has 29 heavy (non-hydrogen) atoms. The van der Waals surface area contributed by atoms with Gasteiger partial charge in [0.1, 0.15) is 17.8 Å². The molecule has 3 rings (SSSR count). The van der Waals surface area contributed by atoms with Crippen molar-refractivity contribution < 1.29 is 19.1 Å². The van der Waals surface area contributed by atoms with Crippen molar-refractivity contribution in [1.29, 1.82) is 0 Å². The first kappa shape index (κ1) is 21.6. The van der Waals surface area contributed by atoms with E-state index in [1.165, 1.54) is 0 Å². The molecule has 2 saturated heterocycles. The fraction of sp³-hybridized carbons (Fsp3) is 0.636. The van der Waals surface area contributed by atoms with Crippen molar-refractivity contribution in [2.45, 2.75) is 45.5 Å². The first-order valence-corrected chi connectivity index (χ1v) is 10.3. The van der Waals surface area contributed by atoms with Crippen LogP contribution in [0.2, 0.25) is 0 Å². The van der Waals surface area contributed by atoms with E-state index in [1.807, 2.05) is 12.1 Å². The SMILES string of the molecule is COCc1cc(CN2CCN3C(=O)[C@H](CC(C)C)N(C)C(=O)[C@H]3C2)ccc1OC. The molecule has 2 atom stereocenters. The van der Waals surface area contributed by atoms with Crippen LogP contribution >= 0.6 is 0 Å². The highest BCUT2D eigenvalue weighted by Gasteiger charge is 2.46. The van der Waals surface area contributed by atoms with Crippen LogP contribution in [0.15, 0.2) is 18.2 Å². The molecule has 0 aliphatic carbocycles. The number of ether oxygens (including phenoxy) is 2. The van der Waals surface area contributed by atoms with Crippen LogP contribution in [0.3, 0.4) is 0 Å². The topological polar surface area (TPSA) is 62.3 Å². The molecule has 1 aromatic rings. The quantitative estimate of drug-likeness (QED) is 0.694. The summed E-state index contributed by atoms with van der Waals surface area (Å²) in [6.45, 7) is 7.31. The van der Waals surface area contributed by atoms with Crippen molar-refractivity contribution in [3.63, 3.8) is 0 Å². The third kappa shape index (κ3) is 4.56. The van der Waals surface area contributed by atoms with Crippen molar-refractivity contribution in [1.82, 2.24) is 14.7 Å². The van der Waals surface area contributed by atoms with Crippen molar-refractivity contribution in [3.8, 4) is 5.75 Å². The summed E-state index contributed by atoms with van der Waals surface area (Å²) in [5.74, 6) is 1.33. The number of hydrogen-bond donors (Lipinski definition) is 0. The number of piperazine rings is 2. The lowest BCUT2D eigenvalue weighted by atomic mass is 9.95. The van der Waals surface area contributed by atoms with Gasteiger partial charge in [-0.3, -0.25) is 14.5 Å². The van der Waals surface area contributed by atoms with Gasteiger partial charge in [-0.2, -0.15) is 0 Å². The molecule has 2 aliphatic rings. The van der Waals surface area contributed by atoms with Gasteiger partial charge in [0.2, 0.25) is 11.8 Å². The number of carbonyl (C=O) groups is 2. The lowest BCUT2D eigenvalue weighted by Crippen LogP contribution is -2.69. The van der Waals surface area contributed by atoms with E-state index >= 15 is 0 Å². The Balaban J connectivity index is 1.70. The molecular weight excluding hydrogens is 370 g/mol. The number of hydrogen-bond acceptors (Lipinski definition) is 5. The summed E-state index contributed by atoms with van der Waals surface area (Å²) < 4.78 is 10.7. The highest BCUT2D eigenvalue weighted by atomic mass is 16.5. The molecule has 160 valence electrons. The van der Waals surface area contributed by atoms with E-state index in [4.69, 9.17) is 9.47 Å². The molecule has 0 radical (unpaired) electrons. The van der Waals surface area contributed by atoms with Crippen LogP contribution in [0.5, 0.6) is 5.75 Å². The Hall–Kier alpha value is -2.12. The predicted octanol–water partition coefficient (Wildman–Crippen LogP) is 1.74. The Morgan fingerprint density at radius 2 is 1.90 bits per heavy atom.